The smallest absolute Gasteiger partial charge is 0.255 e. The summed E-state index contributed by atoms with van der Waals surface area (Å²) in [5.74, 6) is 0.0712. The van der Waals surface area contributed by atoms with Gasteiger partial charge in [0.2, 0.25) is 0 Å². The van der Waals surface area contributed by atoms with Crippen LogP contribution < -0.4 is 5.73 Å². The molecule has 1 aliphatic heterocycles. The molecular weight excluding hydrogens is 299 g/mol. The van der Waals surface area contributed by atoms with E-state index in [2.05, 4.69) is 22.9 Å². The number of hydrogen-bond donors (Lipinski definition) is 1. The first kappa shape index (κ1) is 13.3. The first-order chi connectivity index (χ1) is 8.49. The molecule has 0 aliphatic carbocycles. The van der Waals surface area contributed by atoms with Crippen molar-refractivity contribution in [1.29, 1.82) is 0 Å². The van der Waals surface area contributed by atoms with Crippen molar-refractivity contribution in [3.05, 3.63) is 28.0 Å². The Morgan fingerprint density at radius 2 is 2.06 bits per heavy atom. The topological polar surface area (TPSA) is 46.3 Å². The van der Waals surface area contributed by atoms with Crippen LogP contribution in [0.1, 0.15) is 30.1 Å². The molecule has 0 aromatic heterocycles. The Morgan fingerprint density at radius 3 is 2.67 bits per heavy atom. The molecule has 98 valence electrons. The Bertz CT molecular complexity index is 470. The van der Waals surface area contributed by atoms with Crippen LogP contribution in [0.5, 0.6) is 0 Å². The second kappa shape index (κ2) is 5.26. The fraction of sp³-hybridized carbons (Fsp3) is 0.462. The van der Waals surface area contributed by atoms with E-state index in [0.29, 0.717) is 16.0 Å². The highest BCUT2D eigenvalue weighted by Gasteiger charge is 2.23. The van der Waals surface area contributed by atoms with Gasteiger partial charge in [0.05, 0.1) is 11.3 Å². The molecule has 2 rings (SSSR count). The molecule has 0 saturated carbocycles. The van der Waals surface area contributed by atoms with Crippen molar-refractivity contribution in [2.24, 2.45) is 5.92 Å². The van der Waals surface area contributed by atoms with Gasteiger partial charge in [0.25, 0.3) is 5.91 Å². The van der Waals surface area contributed by atoms with Gasteiger partial charge in [-0.25, -0.2) is 4.39 Å². The summed E-state index contributed by atoms with van der Waals surface area (Å²) in [6.07, 6.45) is 2.03. The van der Waals surface area contributed by atoms with Crippen LogP contribution in [-0.2, 0) is 0 Å². The van der Waals surface area contributed by atoms with Crippen molar-refractivity contribution in [3.8, 4) is 0 Å². The highest BCUT2D eigenvalue weighted by Crippen LogP contribution is 2.26. The third-order valence-electron chi connectivity index (χ3n) is 3.39. The van der Waals surface area contributed by atoms with Crippen molar-refractivity contribution in [1.82, 2.24) is 4.90 Å². The number of benzene rings is 1. The maximum atomic E-state index is 13.2. The number of rotatable bonds is 1. The van der Waals surface area contributed by atoms with Gasteiger partial charge in [-0.3, -0.25) is 4.79 Å². The Morgan fingerprint density at radius 1 is 1.44 bits per heavy atom. The molecule has 0 radical (unpaired) electrons. The van der Waals surface area contributed by atoms with E-state index in [-0.39, 0.29) is 11.6 Å². The van der Waals surface area contributed by atoms with Crippen LogP contribution in [-0.4, -0.2) is 23.9 Å². The van der Waals surface area contributed by atoms with Gasteiger partial charge in [-0.15, -0.1) is 0 Å². The SMILES string of the molecule is CC1CCN(C(=O)c2cc(N)c(F)cc2Br)CC1. The van der Waals surface area contributed by atoms with E-state index < -0.39 is 5.82 Å². The number of likely N-dealkylation sites (tertiary alicyclic amines) is 1. The highest BCUT2D eigenvalue weighted by molar-refractivity contribution is 9.10. The molecule has 3 nitrogen and oxygen atoms in total. The van der Waals surface area contributed by atoms with E-state index in [1.54, 1.807) is 4.90 Å². The molecular formula is C13H16BrFN2O. The van der Waals surface area contributed by atoms with Crippen LogP contribution in [0.4, 0.5) is 10.1 Å². The number of amides is 1. The van der Waals surface area contributed by atoms with E-state index in [1.165, 1.54) is 12.1 Å². The van der Waals surface area contributed by atoms with Crippen LogP contribution in [0.25, 0.3) is 0 Å². The lowest BCUT2D eigenvalue weighted by Gasteiger charge is -2.30. The first-order valence-electron chi connectivity index (χ1n) is 6.03. The van der Waals surface area contributed by atoms with Gasteiger partial charge in [-0.1, -0.05) is 6.92 Å². The predicted molar refractivity (Wildman–Crippen MR) is 72.8 cm³/mol. The summed E-state index contributed by atoms with van der Waals surface area (Å²) in [5, 5.41) is 0. The lowest BCUT2D eigenvalue weighted by molar-refractivity contribution is 0.0696. The van der Waals surface area contributed by atoms with Gasteiger partial charge in [-0.05, 0) is 46.8 Å². The number of nitrogens with zero attached hydrogens (tertiary/aromatic N) is 1. The molecule has 18 heavy (non-hydrogen) atoms. The molecule has 5 heteroatoms. The van der Waals surface area contributed by atoms with Crippen molar-refractivity contribution in [3.63, 3.8) is 0 Å². The standard InChI is InChI=1S/C13H16BrFN2O/c1-8-2-4-17(5-3-8)13(18)9-6-12(16)11(15)7-10(9)14/h6-8H,2-5,16H2,1H3. The molecule has 1 fully saturated rings. The van der Waals surface area contributed by atoms with E-state index in [0.717, 1.165) is 25.9 Å². The Labute approximate surface area is 114 Å². The average molecular weight is 315 g/mol. The predicted octanol–water partition coefficient (Wildman–Crippen LogP) is 3.04. The van der Waals surface area contributed by atoms with Crippen LogP contribution in [0.2, 0.25) is 0 Å². The van der Waals surface area contributed by atoms with Crippen molar-refractivity contribution < 1.29 is 9.18 Å². The minimum Gasteiger partial charge on any atom is -0.396 e. The maximum absolute atomic E-state index is 13.2. The van der Waals surface area contributed by atoms with E-state index in [9.17, 15) is 9.18 Å². The molecule has 1 aromatic rings. The number of hydrogen-bond acceptors (Lipinski definition) is 2. The summed E-state index contributed by atoms with van der Waals surface area (Å²) in [6, 6.07) is 2.65. The van der Waals surface area contributed by atoms with Crippen LogP contribution in [0.15, 0.2) is 16.6 Å². The Hall–Kier alpha value is -1.10. The molecule has 1 heterocycles. The molecule has 1 amide bonds. The molecule has 0 unspecified atom stereocenters. The number of anilines is 1. The van der Waals surface area contributed by atoms with Crippen molar-refractivity contribution in [2.75, 3.05) is 18.8 Å². The molecule has 1 aliphatic rings. The number of piperidine rings is 1. The first-order valence-corrected chi connectivity index (χ1v) is 6.82. The van der Waals surface area contributed by atoms with Gasteiger partial charge in [0, 0.05) is 17.6 Å². The minimum atomic E-state index is -0.509. The lowest BCUT2D eigenvalue weighted by atomic mass is 9.98. The fourth-order valence-corrected chi connectivity index (χ4v) is 2.60. The minimum absolute atomic E-state index is 0.00641. The zero-order valence-corrected chi connectivity index (χ0v) is 11.8. The van der Waals surface area contributed by atoms with Gasteiger partial charge in [0.15, 0.2) is 0 Å². The summed E-state index contributed by atoms with van der Waals surface area (Å²) < 4.78 is 13.7. The third-order valence-corrected chi connectivity index (χ3v) is 4.04. The van der Waals surface area contributed by atoms with Crippen molar-refractivity contribution >= 4 is 27.5 Å². The summed E-state index contributed by atoms with van der Waals surface area (Å²) in [5.41, 5.74) is 5.95. The second-order valence-electron chi connectivity index (χ2n) is 4.83. The van der Waals surface area contributed by atoms with Crippen LogP contribution >= 0.6 is 15.9 Å². The number of carbonyl (C=O) groups is 1. The summed E-state index contributed by atoms with van der Waals surface area (Å²) >= 11 is 3.22. The molecule has 0 atom stereocenters. The van der Waals surface area contributed by atoms with Gasteiger partial charge >= 0.3 is 0 Å². The van der Waals surface area contributed by atoms with E-state index in [1.807, 2.05) is 0 Å². The largest absolute Gasteiger partial charge is 0.396 e. The molecule has 2 N–H and O–H groups in total. The quantitative estimate of drug-likeness (QED) is 0.810. The Kier molecular flexibility index (Phi) is 3.90. The van der Waals surface area contributed by atoms with E-state index in [4.69, 9.17) is 5.73 Å². The van der Waals surface area contributed by atoms with E-state index >= 15 is 0 Å². The maximum Gasteiger partial charge on any atom is 0.255 e. The Balaban J connectivity index is 2.21. The average Bonchev–Trinajstić information content (AvgIpc) is 2.34. The highest BCUT2D eigenvalue weighted by atomic mass is 79.9. The summed E-state index contributed by atoms with van der Waals surface area (Å²) in [6.45, 7) is 3.70. The zero-order chi connectivity index (χ0) is 13.3. The lowest BCUT2D eigenvalue weighted by Crippen LogP contribution is -2.38. The second-order valence-corrected chi connectivity index (χ2v) is 5.68. The van der Waals surface area contributed by atoms with Crippen molar-refractivity contribution in [2.45, 2.75) is 19.8 Å². The van der Waals surface area contributed by atoms with Gasteiger partial charge in [0.1, 0.15) is 5.82 Å². The zero-order valence-electron chi connectivity index (χ0n) is 10.2. The fourth-order valence-electron chi connectivity index (χ4n) is 2.11. The van der Waals surface area contributed by atoms with Gasteiger partial charge < -0.3 is 10.6 Å². The number of carbonyl (C=O) groups excluding carboxylic acids is 1. The molecule has 0 bridgehead atoms. The summed E-state index contributed by atoms with van der Waals surface area (Å²) in [4.78, 5) is 14.1. The number of nitrogen functional groups attached to an aromatic ring is 1. The normalized spacial score (nSPS) is 16.9. The van der Waals surface area contributed by atoms with Crippen LogP contribution in [0, 0.1) is 11.7 Å². The third kappa shape index (κ3) is 2.66. The molecule has 0 spiro atoms. The van der Waals surface area contributed by atoms with Gasteiger partial charge in [-0.2, -0.15) is 0 Å². The summed E-state index contributed by atoms with van der Waals surface area (Å²) in [7, 11) is 0. The molecule has 1 aromatic carbocycles. The number of halogens is 2. The number of nitrogens with two attached hydrogens (primary N) is 1. The molecule has 1 saturated heterocycles. The van der Waals surface area contributed by atoms with Crippen LogP contribution in [0.3, 0.4) is 0 Å². The monoisotopic (exact) mass is 314 g/mol.